The van der Waals surface area contributed by atoms with Crippen molar-refractivity contribution < 1.29 is 17.9 Å². The lowest BCUT2D eigenvalue weighted by atomic mass is 9.68. The Bertz CT molecular complexity index is 544. The van der Waals surface area contributed by atoms with Gasteiger partial charge in [0.25, 0.3) is 0 Å². The van der Waals surface area contributed by atoms with Crippen molar-refractivity contribution in [3.8, 4) is 5.75 Å². The van der Waals surface area contributed by atoms with Gasteiger partial charge < -0.3 is 4.74 Å². The summed E-state index contributed by atoms with van der Waals surface area (Å²) >= 11 is 0. The zero-order valence-electron chi connectivity index (χ0n) is 15.0. The Labute approximate surface area is 149 Å². The number of rotatable bonds is 5. The summed E-state index contributed by atoms with van der Waals surface area (Å²) in [6.45, 7) is -0.689. The minimum absolute atomic E-state index is 0.346. The van der Waals surface area contributed by atoms with Gasteiger partial charge in [-0.05, 0) is 79.9 Å². The van der Waals surface area contributed by atoms with Crippen LogP contribution in [0.1, 0.15) is 76.2 Å². The maximum absolute atomic E-state index is 13.9. The predicted octanol–water partition coefficient (Wildman–Crippen LogP) is 6.92. The summed E-state index contributed by atoms with van der Waals surface area (Å²) in [7, 11) is 0. The predicted molar refractivity (Wildman–Crippen MR) is 93.5 cm³/mol. The summed E-state index contributed by atoms with van der Waals surface area (Å²) in [5.41, 5.74) is 0.923. The molecule has 0 saturated heterocycles. The molecule has 140 valence electrons. The second-order valence-corrected chi connectivity index (χ2v) is 7.87. The largest absolute Gasteiger partial charge is 0.432 e. The van der Waals surface area contributed by atoms with Gasteiger partial charge in [-0.15, -0.1) is 0 Å². The molecular formula is C21H29F3O. The number of hydrogen-bond donors (Lipinski definition) is 0. The van der Waals surface area contributed by atoms with E-state index < -0.39 is 12.4 Å². The molecule has 0 heterocycles. The van der Waals surface area contributed by atoms with Crippen molar-refractivity contribution >= 4 is 0 Å². The molecule has 0 aliphatic heterocycles. The van der Waals surface area contributed by atoms with Crippen LogP contribution >= 0.6 is 0 Å². The van der Waals surface area contributed by atoms with Crippen LogP contribution in [0, 0.1) is 23.6 Å². The van der Waals surface area contributed by atoms with E-state index in [1.165, 1.54) is 57.1 Å². The van der Waals surface area contributed by atoms with E-state index in [9.17, 15) is 13.2 Å². The molecule has 0 aromatic heterocycles. The number of alkyl halides is 2. The first-order valence-corrected chi connectivity index (χ1v) is 9.81. The van der Waals surface area contributed by atoms with Crippen LogP contribution in [0.4, 0.5) is 13.2 Å². The molecule has 25 heavy (non-hydrogen) atoms. The van der Waals surface area contributed by atoms with Gasteiger partial charge in [0.1, 0.15) is 0 Å². The van der Waals surface area contributed by atoms with Crippen LogP contribution in [0.25, 0.3) is 0 Å². The fourth-order valence-corrected chi connectivity index (χ4v) is 4.95. The number of hydrogen-bond acceptors (Lipinski definition) is 1. The molecule has 0 N–H and O–H groups in total. The quantitative estimate of drug-likeness (QED) is 0.558. The van der Waals surface area contributed by atoms with Gasteiger partial charge in [-0.1, -0.05) is 32.3 Å². The molecule has 0 spiro atoms. The van der Waals surface area contributed by atoms with Crippen molar-refractivity contribution in [2.24, 2.45) is 17.8 Å². The third-order valence-electron chi connectivity index (χ3n) is 6.55. The summed E-state index contributed by atoms with van der Waals surface area (Å²) in [6.07, 6.45) is 11.4. The van der Waals surface area contributed by atoms with Crippen molar-refractivity contribution in [2.75, 3.05) is 0 Å². The van der Waals surface area contributed by atoms with Crippen molar-refractivity contribution in [1.29, 1.82) is 0 Å². The Morgan fingerprint density at radius 1 is 0.960 bits per heavy atom. The smallest absolute Gasteiger partial charge is 0.387 e. The number of halogens is 3. The normalized spacial score (nSPS) is 30.4. The molecule has 4 heteroatoms. The Morgan fingerprint density at radius 3 is 2.08 bits per heavy atom. The molecule has 2 aliphatic rings. The minimum atomic E-state index is -2.99. The van der Waals surface area contributed by atoms with Gasteiger partial charge >= 0.3 is 6.61 Å². The first-order chi connectivity index (χ1) is 12.1. The van der Waals surface area contributed by atoms with E-state index in [-0.39, 0.29) is 5.75 Å². The van der Waals surface area contributed by atoms with Crippen LogP contribution in [0.3, 0.4) is 0 Å². The molecule has 1 aromatic rings. The van der Waals surface area contributed by atoms with E-state index >= 15 is 0 Å². The molecule has 1 aromatic carbocycles. The molecule has 3 rings (SSSR count). The first-order valence-electron chi connectivity index (χ1n) is 9.81. The highest BCUT2D eigenvalue weighted by atomic mass is 19.3. The Hall–Kier alpha value is -1.19. The average Bonchev–Trinajstić information content (AvgIpc) is 2.63. The highest BCUT2D eigenvalue weighted by Gasteiger charge is 2.31. The van der Waals surface area contributed by atoms with E-state index in [1.54, 1.807) is 6.07 Å². The maximum atomic E-state index is 13.9. The summed E-state index contributed by atoms with van der Waals surface area (Å²) in [5, 5.41) is 0. The van der Waals surface area contributed by atoms with Gasteiger partial charge in [0, 0.05) is 0 Å². The summed E-state index contributed by atoms with van der Waals surface area (Å²) in [6, 6.07) is 4.47. The van der Waals surface area contributed by atoms with Crippen LogP contribution in [-0.2, 0) is 0 Å². The van der Waals surface area contributed by atoms with Crippen LogP contribution in [0.5, 0.6) is 5.75 Å². The second-order valence-electron chi connectivity index (χ2n) is 7.87. The molecule has 1 nitrogen and oxygen atoms in total. The number of benzene rings is 1. The molecule has 2 aliphatic carbocycles. The highest BCUT2D eigenvalue weighted by Crippen LogP contribution is 2.44. The third kappa shape index (κ3) is 4.71. The lowest BCUT2D eigenvalue weighted by Crippen LogP contribution is -2.25. The van der Waals surface area contributed by atoms with Gasteiger partial charge in [0.15, 0.2) is 11.6 Å². The van der Waals surface area contributed by atoms with Crippen molar-refractivity contribution in [3.05, 3.63) is 29.6 Å². The van der Waals surface area contributed by atoms with Crippen LogP contribution in [0.15, 0.2) is 18.2 Å². The fraction of sp³-hybridized carbons (Fsp3) is 0.714. The zero-order valence-corrected chi connectivity index (χ0v) is 15.0. The zero-order chi connectivity index (χ0) is 17.8. The topological polar surface area (TPSA) is 9.23 Å². The van der Waals surface area contributed by atoms with Crippen LogP contribution < -0.4 is 4.74 Å². The first kappa shape index (κ1) is 18.6. The summed E-state index contributed by atoms with van der Waals surface area (Å²) in [5.74, 6) is 1.93. The summed E-state index contributed by atoms with van der Waals surface area (Å²) in [4.78, 5) is 0. The monoisotopic (exact) mass is 354 g/mol. The average molecular weight is 354 g/mol. The fourth-order valence-electron chi connectivity index (χ4n) is 4.95. The second kappa shape index (κ2) is 8.46. The van der Waals surface area contributed by atoms with Gasteiger partial charge in [-0.3, -0.25) is 0 Å². The summed E-state index contributed by atoms with van der Waals surface area (Å²) < 4.78 is 42.6. The molecule has 2 fully saturated rings. The Balaban J connectivity index is 1.53. The lowest BCUT2D eigenvalue weighted by Gasteiger charge is -2.38. The van der Waals surface area contributed by atoms with Gasteiger partial charge in [0.05, 0.1) is 0 Å². The van der Waals surface area contributed by atoms with Crippen molar-refractivity contribution in [3.63, 3.8) is 0 Å². The standard InChI is InChI=1S/C21H29F3O/c1-2-14-3-5-15(6-4-14)16-7-9-17(10-8-16)18-11-12-20(19(22)13-18)25-21(23)24/h11-17,21H,2-10H2,1H3/t14-,15-,16?,17?. The van der Waals surface area contributed by atoms with E-state index in [2.05, 4.69) is 11.7 Å². The molecule has 0 radical (unpaired) electrons. The van der Waals surface area contributed by atoms with E-state index in [1.807, 2.05) is 0 Å². The molecule has 0 atom stereocenters. The van der Waals surface area contributed by atoms with E-state index in [4.69, 9.17) is 0 Å². The van der Waals surface area contributed by atoms with Crippen molar-refractivity contribution in [2.45, 2.75) is 77.2 Å². The Morgan fingerprint density at radius 2 is 1.56 bits per heavy atom. The van der Waals surface area contributed by atoms with Gasteiger partial charge in [-0.2, -0.15) is 8.78 Å². The van der Waals surface area contributed by atoms with Crippen LogP contribution in [-0.4, -0.2) is 6.61 Å². The maximum Gasteiger partial charge on any atom is 0.387 e. The van der Waals surface area contributed by atoms with Crippen molar-refractivity contribution in [1.82, 2.24) is 0 Å². The third-order valence-corrected chi connectivity index (χ3v) is 6.55. The molecule has 2 saturated carbocycles. The Kier molecular flexibility index (Phi) is 6.29. The highest BCUT2D eigenvalue weighted by molar-refractivity contribution is 5.31. The van der Waals surface area contributed by atoms with E-state index in [0.717, 1.165) is 36.2 Å². The number of ether oxygens (including phenoxy) is 1. The van der Waals surface area contributed by atoms with Gasteiger partial charge in [0.2, 0.25) is 0 Å². The van der Waals surface area contributed by atoms with Gasteiger partial charge in [-0.25, -0.2) is 4.39 Å². The van der Waals surface area contributed by atoms with E-state index in [0.29, 0.717) is 5.92 Å². The molecule has 0 amide bonds. The molecule has 0 bridgehead atoms. The molecule has 0 unspecified atom stereocenters. The lowest BCUT2D eigenvalue weighted by molar-refractivity contribution is -0.0522. The SMILES string of the molecule is CC[C@H]1CC[C@H](C2CCC(c3ccc(OC(F)F)c(F)c3)CC2)CC1. The van der Waals surface area contributed by atoms with Crippen LogP contribution in [0.2, 0.25) is 0 Å². The minimum Gasteiger partial charge on any atom is -0.432 e. The molecular weight excluding hydrogens is 325 g/mol.